The number of thiazole rings is 1. The summed E-state index contributed by atoms with van der Waals surface area (Å²) in [5, 5.41) is 3.10. The summed E-state index contributed by atoms with van der Waals surface area (Å²) in [7, 11) is 0. The Morgan fingerprint density at radius 3 is 2.62 bits per heavy atom. The van der Waals surface area contributed by atoms with Gasteiger partial charge in [0.2, 0.25) is 5.91 Å². The molecule has 7 heteroatoms. The van der Waals surface area contributed by atoms with E-state index in [4.69, 9.17) is 5.73 Å². The summed E-state index contributed by atoms with van der Waals surface area (Å²) in [5.74, 6) is 0.298. The Bertz CT molecular complexity index is 492. The molecule has 24 heavy (non-hydrogen) atoms. The molecule has 2 aliphatic rings. The average molecular weight is 394 g/mol. The molecule has 2 heterocycles. The molecule has 1 unspecified atom stereocenters. The van der Waals surface area contributed by atoms with E-state index < -0.39 is 0 Å². The first-order chi connectivity index (χ1) is 10.7. The predicted octanol–water partition coefficient (Wildman–Crippen LogP) is 4.34. The molecule has 0 aromatic carbocycles. The number of hydrogen-bond donors (Lipinski definition) is 1. The van der Waals surface area contributed by atoms with Gasteiger partial charge in [-0.2, -0.15) is 0 Å². The summed E-state index contributed by atoms with van der Waals surface area (Å²) < 4.78 is 0. The van der Waals surface area contributed by atoms with Crippen molar-refractivity contribution in [2.24, 2.45) is 11.1 Å². The summed E-state index contributed by atoms with van der Waals surface area (Å²) in [6.45, 7) is 1.53. The van der Waals surface area contributed by atoms with Gasteiger partial charge in [0.05, 0.1) is 6.04 Å². The van der Waals surface area contributed by atoms with E-state index in [9.17, 15) is 4.79 Å². The van der Waals surface area contributed by atoms with Crippen LogP contribution >= 0.6 is 36.2 Å². The molecule has 1 saturated heterocycles. The molecule has 0 spiro atoms. The fraction of sp³-hybridized carbons (Fsp3) is 0.765. The second-order valence-electron chi connectivity index (χ2n) is 6.91. The van der Waals surface area contributed by atoms with E-state index in [2.05, 4.69) is 9.88 Å². The number of piperidine rings is 1. The van der Waals surface area contributed by atoms with Crippen LogP contribution in [0.4, 0.5) is 0 Å². The van der Waals surface area contributed by atoms with Gasteiger partial charge in [-0.1, -0.05) is 19.3 Å². The molecule has 1 aromatic rings. The molecule has 1 amide bonds. The zero-order chi connectivity index (χ0) is 15.4. The number of rotatable bonds is 4. The summed E-state index contributed by atoms with van der Waals surface area (Å²) in [5.41, 5.74) is 6.12. The average Bonchev–Trinajstić information content (AvgIpc) is 3.10. The Balaban J connectivity index is 0.00000144. The zero-order valence-electron chi connectivity index (χ0n) is 14.1. The number of aromatic nitrogens is 1. The molecule has 138 valence electrons. The van der Waals surface area contributed by atoms with E-state index in [1.165, 1.54) is 25.7 Å². The Morgan fingerprint density at radius 1 is 1.25 bits per heavy atom. The molecule has 3 rings (SSSR count). The van der Waals surface area contributed by atoms with E-state index in [1.54, 1.807) is 11.3 Å². The van der Waals surface area contributed by atoms with Crippen molar-refractivity contribution in [1.29, 1.82) is 0 Å². The first-order valence-corrected chi connectivity index (χ1v) is 9.51. The van der Waals surface area contributed by atoms with Gasteiger partial charge >= 0.3 is 0 Å². The second kappa shape index (κ2) is 9.95. The molecule has 0 bridgehead atoms. The first kappa shape index (κ1) is 21.7. The fourth-order valence-electron chi connectivity index (χ4n) is 4.06. The van der Waals surface area contributed by atoms with Crippen molar-refractivity contribution in [1.82, 2.24) is 9.88 Å². The predicted molar refractivity (Wildman–Crippen MR) is 104 cm³/mol. The van der Waals surface area contributed by atoms with Crippen LogP contribution in [0.1, 0.15) is 68.8 Å². The number of nitrogens with two attached hydrogens (primary N) is 1. The molecule has 4 nitrogen and oxygen atoms in total. The summed E-state index contributed by atoms with van der Waals surface area (Å²) >= 11 is 1.67. The highest BCUT2D eigenvalue weighted by Crippen LogP contribution is 2.40. The van der Waals surface area contributed by atoms with Crippen molar-refractivity contribution < 1.29 is 4.79 Å². The van der Waals surface area contributed by atoms with Crippen molar-refractivity contribution in [2.75, 3.05) is 13.1 Å². The maximum atomic E-state index is 13.0. The van der Waals surface area contributed by atoms with Gasteiger partial charge in [-0.05, 0) is 44.1 Å². The summed E-state index contributed by atoms with van der Waals surface area (Å²) in [6.07, 6.45) is 11.8. The van der Waals surface area contributed by atoms with E-state index in [0.717, 1.165) is 37.2 Å². The number of halogens is 2. The van der Waals surface area contributed by atoms with Gasteiger partial charge in [-0.15, -0.1) is 36.2 Å². The Labute approximate surface area is 161 Å². The maximum Gasteiger partial charge on any atom is 0.223 e. The van der Waals surface area contributed by atoms with Crippen LogP contribution in [0.3, 0.4) is 0 Å². The van der Waals surface area contributed by atoms with Crippen molar-refractivity contribution in [3.05, 3.63) is 16.6 Å². The normalized spacial score (nSPS) is 23.0. The van der Waals surface area contributed by atoms with Crippen molar-refractivity contribution in [3.63, 3.8) is 0 Å². The third-order valence-electron chi connectivity index (χ3n) is 5.43. The molecule has 2 N–H and O–H groups in total. The number of carbonyl (C=O) groups is 1. The van der Waals surface area contributed by atoms with Gasteiger partial charge < -0.3 is 10.6 Å². The largest absolute Gasteiger partial charge is 0.333 e. The monoisotopic (exact) mass is 393 g/mol. The molecular weight excluding hydrogens is 365 g/mol. The molecule has 1 aliphatic heterocycles. The van der Waals surface area contributed by atoms with Crippen LogP contribution in [0.2, 0.25) is 0 Å². The molecule has 1 aromatic heterocycles. The Hall–Kier alpha value is -0.360. The molecule has 2 fully saturated rings. The van der Waals surface area contributed by atoms with Gasteiger partial charge in [0.25, 0.3) is 0 Å². The minimum Gasteiger partial charge on any atom is -0.333 e. The third-order valence-corrected chi connectivity index (χ3v) is 6.31. The van der Waals surface area contributed by atoms with Crippen LogP contribution in [-0.2, 0) is 4.79 Å². The highest BCUT2D eigenvalue weighted by molar-refractivity contribution is 7.09. The van der Waals surface area contributed by atoms with Crippen LogP contribution in [0.25, 0.3) is 0 Å². The van der Waals surface area contributed by atoms with Crippen molar-refractivity contribution >= 4 is 42.1 Å². The van der Waals surface area contributed by atoms with E-state index >= 15 is 0 Å². The van der Waals surface area contributed by atoms with Crippen LogP contribution in [0.5, 0.6) is 0 Å². The lowest BCUT2D eigenvalue weighted by molar-refractivity contribution is -0.138. The zero-order valence-corrected chi connectivity index (χ0v) is 16.6. The molecule has 0 radical (unpaired) electrons. The lowest BCUT2D eigenvalue weighted by atomic mass is 9.71. The van der Waals surface area contributed by atoms with Crippen LogP contribution in [-0.4, -0.2) is 28.9 Å². The minimum atomic E-state index is 0. The van der Waals surface area contributed by atoms with Crippen LogP contribution in [0, 0.1) is 5.41 Å². The van der Waals surface area contributed by atoms with Crippen LogP contribution in [0.15, 0.2) is 11.6 Å². The Kier molecular flexibility index (Phi) is 8.99. The fourth-order valence-corrected chi connectivity index (χ4v) is 4.85. The van der Waals surface area contributed by atoms with E-state index in [-0.39, 0.29) is 36.3 Å². The highest BCUT2D eigenvalue weighted by Gasteiger charge is 2.37. The lowest BCUT2D eigenvalue weighted by Gasteiger charge is -2.40. The second-order valence-corrected chi connectivity index (χ2v) is 7.84. The van der Waals surface area contributed by atoms with Gasteiger partial charge in [-0.3, -0.25) is 4.79 Å². The molecular formula is C17H29Cl2N3OS. The number of carbonyl (C=O) groups excluding carboxylic acids is 1. The standard InChI is InChI=1S/C17H27N3OS.2ClH/c18-13-17(7-3-1-4-8-17)12-15(21)20-10-5-2-6-14(20)16-19-9-11-22-16;;/h9,11,14H,1-8,10,12-13,18H2;2*1H. The van der Waals surface area contributed by atoms with Gasteiger partial charge in [-0.25, -0.2) is 4.98 Å². The van der Waals surface area contributed by atoms with Crippen molar-refractivity contribution in [3.8, 4) is 0 Å². The Morgan fingerprint density at radius 2 is 2.00 bits per heavy atom. The van der Waals surface area contributed by atoms with Crippen molar-refractivity contribution in [2.45, 2.75) is 63.8 Å². The number of hydrogen-bond acceptors (Lipinski definition) is 4. The highest BCUT2D eigenvalue weighted by atomic mass is 35.5. The SMILES string of the molecule is Cl.Cl.NCC1(CC(=O)N2CCCCC2c2nccs2)CCCCC1. The molecule has 1 saturated carbocycles. The quantitative estimate of drug-likeness (QED) is 0.827. The smallest absolute Gasteiger partial charge is 0.223 e. The third kappa shape index (κ3) is 4.84. The van der Waals surface area contributed by atoms with Gasteiger partial charge in [0, 0.05) is 24.5 Å². The lowest BCUT2D eigenvalue weighted by Crippen LogP contribution is -2.43. The minimum absolute atomic E-state index is 0. The first-order valence-electron chi connectivity index (χ1n) is 8.63. The van der Waals surface area contributed by atoms with Gasteiger partial charge in [0.15, 0.2) is 0 Å². The van der Waals surface area contributed by atoms with Gasteiger partial charge in [0.1, 0.15) is 5.01 Å². The van der Waals surface area contributed by atoms with Crippen LogP contribution < -0.4 is 5.73 Å². The molecule has 1 atom stereocenters. The molecule has 1 aliphatic carbocycles. The summed E-state index contributed by atoms with van der Waals surface area (Å²) in [6, 6.07) is 0.194. The number of amides is 1. The summed E-state index contributed by atoms with van der Waals surface area (Å²) in [4.78, 5) is 19.5. The maximum absolute atomic E-state index is 13.0. The number of nitrogens with zero attached hydrogens (tertiary/aromatic N) is 2. The topological polar surface area (TPSA) is 59.2 Å². The van der Waals surface area contributed by atoms with E-state index in [0.29, 0.717) is 18.9 Å². The number of likely N-dealkylation sites (tertiary alicyclic amines) is 1. The van der Waals surface area contributed by atoms with E-state index in [1.807, 2.05) is 11.6 Å².